The van der Waals surface area contributed by atoms with Gasteiger partial charge in [0.05, 0.1) is 17.2 Å². The van der Waals surface area contributed by atoms with E-state index in [-0.39, 0.29) is 0 Å². The summed E-state index contributed by atoms with van der Waals surface area (Å²) in [6, 6.07) is 9.93. The van der Waals surface area contributed by atoms with Gasteiger partial charge in [-0.3, -0.25) is 0 Å². The Morgan fingerprint density at radius 2 is 2.05 bits per heavy atom. The summed E-state index contributed by atoms with van der Waals surface area (Å²) in [5.41, 5.74) is 0.233. The summed E-state index contributed by atoms with van der Waals surface area (Å²) in [5.74, 6) is 0.801. The Kier molecular flexibility index (Phi) is 4.33. The molecule has 0 fully saturated rings. The van der Waals surface area contributed by atoms with E-state index < -0.39 is 5.60 Å². The van der Waals surface area contributed by atoms with Crippen LogP contribution in [0.1, 0.15) is 22.2 Å². The zero-order valence-electron chi connectivity index (χ0n) is 11.2. The number of aliphatic hydroxyl groups is 1. The number of benzene rings is 1. The Morgan fingerprint density at radius 3 is 2.58 bits per heavy atom. The van der Waals surface area contributed by atoms with Gasteiger partial charge in [-0.05, 0) is 59.6 Å². The first-order valence-electron chi connectivity index (χ1n) is 6.04. The van der Waals surface area contributed by atoms with Crippen LogP contribution in [0.25, 0.3) is 0 Å². The van der Waals surface area contributed by atoms with Crippen LogP contribution >= 0.6 is 27.3 Å². The average molecular weight is 341 g/mol. The lowest BCUT2D eigenvalue weighted by Crippen LogP contribution is -2.22. The van der Waals surface area contributed by atoms with E-state index in [0.717, 1.165) is 20.7 Å². The highest BCUT2D eigenvalue weighted by atomic mass is 79.9. The standard InChI is InChI=1S/C15H17BrO2S/c1-10-4-7-14(19-10)15(2,17)9-11-5-6-13(18-3)12(16)8-11/h4-8,17H,9H2,1-3H3. The van der Waals surface area contributed by atoms with Crippen molar-refractivity contribution in [2.45, 2.75) is 25.9 Å². The van der Waals surface area contributed by atoms with Crippen LogP contribution in [0.4, 0.5) is 0 Å². The highest BCUT2D eigenvalue weighted by Crippen LogP contribution is 2.33. The second-order valence-electron chi connectivity index (χ2n) is 4.83. The first-order valence-corrected chi connectivity index (χ1v) is 7.65. The quantitative estimate of drug-likeness (QED) is 0.900. The lowest BCUT2D eigenvalue weighted by Gasteiger charge is -2.22. The molecule has 4 heteroatoms. The van der Waals surface area contributed by atoms with E-state index in [4.69, 9.17) is 4.74 Å². The normalized spacial score (nSPS) is 14.2. The van der Waals surface area contributed by atoms with Crippen LogP contribution in [0.2, 0.25) is 0 Å². The number of ether oxygens (including phenoxy) is 1. The molecule has 2 aromatic rings. The van der Waals surface area contributed by atoms with E-state index in [1.807, 2.05) is 44.2 Å². The van der Waals surface area contributed by atoms with Gasteiger partial charge in [0.1, 0.15) is 5.75 Å². The topological polar surface area (TPSA) is 29.5 Å². The fourth-order valence-electron chi connectivity index (χ4n) is 2.03. The fourth-order valence-corrected chi connectivity index (χ4v) is 3.53. The van der Waals surface area contributed by atoms with E-state index >= 15 is 0 Å². The zero-order valence-corrected chi connectivity index (χ0v) is 13.6. The molecule has 0 bridgehead atoms. The molecule has 0 saturated carbocycles. The van der Waals surface area contributed by atoms with E-state index in [0.29, 0.717) is 6.42 Å². The molecule has 102 valence electrons. The van der Waals surface area contributed by atoms with Crippen LogP contribution in [0.5, 0.6) is 5.75 Å². The maximum Gasteiger partial charge on any atom is 0.133 e. The highest BCUT2D eigenvalue weighted by molar-refractivity contribution is 9.10. The second-order valence-corrected chi connectivity index (χ2v) is 6.97. The fraction of sp³-hybridized carbons (Fsp3) is 0.333. The largest absolute Gasteiger partial charge is 0.496 e. The third-order valence-electron chi connectivity index (χ3n) is 3.04. The van der Waals surface area contributed by atoms with E-state index in [1.165, 1.54) is 4.88 Å². The number of methoxy groups -OCH3 is 1. The van der Waals surface area contributed by atoms with Crippen molar-refractivity contribution >= 4 is 27.3 Å². The number of thiophene rings is 1. The molecule has 0 aliphatic heterocycles. The van der Waals surface area contributed by atoms with Crippen molar-refractivity contribution in [2.75, 3.05) is 7.11 Å². The molecular formula is C15H17BrO2S. The maximum atomic E-state index is 10.6. The van der Waals surface area contributed by atoms with Gasteiger partial charge in [-0.15, -0.1) is 11.3 Å². The van der Waals surface area contributed by atoms with Gasteiger partial charge in [0.25, 0.3) is 0 Å². The van der Waals surface area contributed by atoms with Crippen LogP contribution in [0.15, 0.2) is 34.8 Å². The molecule has 1 atom stereocenters. The molecule has 0 saturated heterocycles. The monoisotopic (exact) mass is 340 g/mol. The number of rotatable bonds is 4. The van der Waals surface area contributed by atoms with Gasteiger partial charge in [-0.1, -0.05) is 6.07 Å². The van der Waals surface area contributed by atoms with Gasteiger partial charge in [-0.2, -0.15) is 0 Å². The number of halogens is 1. The van der Waals surface area contributed by atoms with Crippen molar-refractivity contribution < 1.29 is 9.84 Å². The molecule has 2 rings (SSSR count). The van der Waals surface area contributed by atoms with Crippen molar-refractivity contribution in [2.24, 2.45) is 0 Å². The lowest BCUT2D eigenvalue weighted by molar-refractivity contribution is 0.0615. The van der Waals surface area contributed by atoms with Crippen molar-refractivity contribution in [3.05, 3.63) is 50.1 Å². The molecule has 19 heavy (non-hydrogen) atoms. The minimum Gasteiger partial charge on any atom is -0.496 e. The Bertz CT molecular complexity index is 575. The van der Waals surface area contributed by atoms with Gasteiger partial charge in [0, 0.05) is 16.2 Å². The minimum absolute atomic E-state index is 0.579. The molecule has 2 nitrogen and oxygen atoms in total. The molecule has 1 unspecified atom stereocenters. The maximum absolute atomic E-state index is 10.6. The van der Waals surface area contributed by atoms with Crippen LogP contribution in [-0.4, -0.2) is 12.2 Å². The summed E-state index contributed by atoms with van der Waals surface area (Å²) in [5, 5.41) is 10.6. The molecule has 0 amide bonds. The van der Waals surface area contributed by atoms with Crippen molar-refractivity contribution in [3.63, 3.8) is 0 Å². The summed E-state index contributed by atoms with van der Waals surface area (Å²) < 4.78 is 6.12. The van der Waals surface area contributed by atoms with Crippen LogP contribution in [0, 0.1) is 6.92 Å². The van der Waals surface area contributed by atoms with E-state index in [1.54, 1.807) is 18.4 Å². The number of aryl methyl sites for hydroxylation is 1. The molecule has 0 aliphatic rings. The molecule has 0 spiro atoms. The third kappa shape index (κ3) is 3.38. The van der Waals surface area contributed by atoms with Gasteiger partial charge in [0.2, 0.25) is 0 Å². The molecule has 1 N–H and O–H groups in total. The van der Waals surface area contributed by atoms with Crippen molar-refractivity contribution in [3.8, 4) is 5.75 Å². The average Bonchev–Trinajstić information content (AvgIpc) is 2.76. The van der Waals surface area contributed by atoms with Gasteiger partial charge >= 0.3 is 0 Å². The molecular weight excluding hydrogens is 324 g/mol. The molecule has 1 aromatic carbocycles. The summed E-state index contributed by atoms with van der Waals surface area (Å²) in [6.07, 6.45) is 0.579. The SMILES string of the molecule is COc1ccc(CC(C)(O)c2ccc(C)s2)cc1Br. The second kappa shape index (κ2) is 5.65. The minimum atomic E-state index is -0.840. The summed E-state index contributed by atoms with van der Waals surface area (Å²) >= 11 is 5.11. The van der Waals surface area contributed by atoms with E-state index in [2.05, 4.69) is 15.9 Å². The number of hydrogen-bond donors (Lipinski definition) is 1. The summed E-state index contributed by atoms with van der Waals surface area (Å²) in [7, 11) is 1.64. The van der Waals surface area contributed by atoms with Crippen LogP contribution in [-0.2, 0) is 12.0 Å². The van der Waals surface area contributed by atoms with Gasteiger partial charge in [0.15, 0.2) is 0 Å². The molecule has 1 aromatic heterocycles. The van der Waals surface area contributed by atoms with Gasteiger partial charge < -0.3 is 9.84 Å². The lowest BCUT2D eigenvalue weighted by atomic mass is 9.95. The van der Waals surface area contributed by atoms with Crippen molar-refractivity contribution in [1.29, 1.82) is 0 Å². The summed E-state index contributed by atoms with van der Waals surface area (Å²) in [6.45, 7) is 3.91. The molecule has 1 heterocycles. The van der Waals surface area contributed by atoms with E-state index in [9.17, 15) is 5.11 Å². The zero-order chi connectivity index (χ0) is 14.0. The first kappa shape index (κ1) is 14.6. The molecule has 0 radical (unpaired) electrons. The van der Waals surface area contributed by atoms with Crippen LogP contribution < -0.4 is 4.74 Å². The summed E-state index contributed by atoms with van der Waals surface area (Å²) in [4.78, 5) is 2.21. The third-order valence-corrected chi connectivity index (χ3v) is 4.91. The Morgan fingerprint density at radius 1 is 1.32 bits per heavy atom. The Hall–Kier alpha value is -0.840. The Labute approximate surface area is 126 Å². The van der Waals surface area contributed by atoms with Crippen LogP contribution in [0.3, 0.4) is 0 Å². The highest BCUT2D eigenvalue weighted by Gasteiger charge is 2.25. The Balaban J connectivity index is 2.22. The first-order chi connectivity index (χ1) is 8.92. The van der Waals surface area contributed by atoms with Crippen molar-refractivity contribution in [1.82, 2.24) is 0 Å². The molecule has 0 aliphatic carbocycles. The predicted octanol–water partition coefficient (Wildman–Crippen LogP) is 4.28. The number of hydrogen-bond acceptors (Lipinski definition) is 3. The predicted molar refractivity (Wildman–Crippen MR) is 83.0 cm³/mol. The smallest absolute Gasteiger partial charge is 0.133 e. The van der Waals surface area contributed by atoms with Gasteiger partial charge in [-0.25, -0.2) is 0 Å².